The number of aliphatic hydroxyl groups excluding tert-OH is 1. The van der Waals surface area contributed by atoms with Crippen molar-refractivity contribution in [2.24, 2.45) is 7.05 Å². The Morgan fingerprint density at radius 1 is 0.936 bits per heavy atom. The minimum absolute atomic E-state index is 0.000516. The number of rotatable bonds is 15. The van der Waals surface area contributed by atoms with Gasteiger partial charge in [0.25, 0.3) is 0 Å². The van der Waals surface area contributed by atoms with Crippen molar-refractivity contribution in [3.63, 3.8) is 0 Å². The van der Waals surface area contributed by atoms with E-state index in [9.17, 15) is 14.7 Å². The first kappa shape index (κ1) is 34.2. The smallest absolute Gasteiger partial charge is 0.224 e. The van der Waals surface area contributed by atoms with Gasteiger partial charge in [0.2, 0.25) is 11.8 Å². The van der Waals surface area contributed by atoms with E-state index in [-0.39, 0.29) is 30.6 Å². The number of nitrogens with two attached hydrogens (primary N) is 1. The summed E-state index contributed by atoms with van der Waals surface area (Å²) in [6, 6.07) is 23.0. The summed E-state index contributed by atoms with van der Waals surface area (Å²) in [6.07, 6.45) is 6.65. The molecule has 3 unspecified atom stereocenters. The number of nitrogens with zero attached hydrogens (tertiary/aromatic N) is 2. The lowest BCUT2D eigenvalue weighted by Crippen LogP contribution is -2.31. The number of aryl methyl sites for hydroxylation is 1. The van der Waals surface area contributed by atoms with Crippen molar-refractivity contribution in [2.75, 3.05) is 16.8 Å². The molecule has 3 atom stereocenters. The Hall–Kier alpha value is -4.16. The fourth-order valence-electron chi connectivity index (χ4n) is 5.33. The predicted molar refractivity (Wildman–Crippen MR) is 183 cm³/mol. The molecule has 1 saturated heterocycles. The number of carbonyl (C=O) groups excluding carboxylic acids is 2. The molecule has 10 nitrogen and oxygen atoms in total. The van der Waals surface area contributed by atoms with Gasteiger partial charge in [-0.05, 0) is 41.7 Å². The highest BCUT2D eigenvalue weighted by atomic mass is 32.2. The van der Waals surface area contributed by atoms with Crippen LogP contribution in [-0.4, -0.2) is 38.3 Å². The molecule has 5 rings (SSSR count). The largest absolute Gasteiger partial charge is 0.397 e. The lowest BCUT2D eigenvalue weighted by Gasteiger charge is -2.36. The van der Waals surface area contributed by atoms with E-state index in [2.05, 4.69) is 15.6 Å². The van der Waals surface area contributed by atoms with Crippen molar-refractivity contribution in [1.29, 1.82) is 0 Å². The summed E-state index contributed by atoms with van der Waals surface area (Å²) in [5.74, 6) is 0.638. The maximum absolute atomic E-state index is 12.5. The van der Waals surface area contributed by atoms with Crippen molar-refractivity contribution < 1.29 is 24.2 Å². The quantitative estimate of drug-likeness (QED) is 0.0690. The van der Waals surface area contributed by atoms with Gasteiger partial charge in [0.05, 0.1) is 30.2 Å². The van der Waals surface area contributed by atoms with Gasteiger partial charge in [0.15, 0.2) is 11.4 Å². The summed E-state index contributed by atoms with van der Waals surface area (Å²) < 4.78 is 14.9. The molecule has 0 bridgehead atoms. The Balaban J connectivity index is 1.08. The van der Waals surface area contributed by atoms with E-state index in [1.54, 1.807) is 30.1 Å². The second kappa shape index (κ2) is 17.1. The normalized spacial score (nSPS) is 17.7. The van der Waals surface area contributed by atoms with Crippen molar-refractivity contribution in [3.05, 3.63) is 107 Å². The molecule has 0 radical (unpaired) electrons. The molecule has 2 amide bonds. The number of amides is 2. The number of aliphatic hydroxyl groups is 1. The van der Waals surface area contributed by atoms with Crippen LogP contribution in [0.1, 0.15) is 73.2 Å². The van der Waals surface area contributed by atoms with Gasteiger partial charge < -0.3 is 35.5 Å². The van der Waals surface area contributed by atoms with Gasteiger partial charge in [0, 0.05) is 56.6 Å². The number of unbranched alkanes of at least 4 members (excludes halogenated alkanes) is 2. The van der Waals surface area contributed by atoms with Crippen LogP contribution in [0.2, 0.25) is 0 Å². The van der Waals surface area contributed by atoms with Crippen molar-refractivity contribution in [3.8, 4) is 0 Å². The van der Waals surface area contributed by atoms with E-state index >= 15 is 0 Å². The zero-order valence-electron chi connectivity index (χ0n) is 26.6. The molecule has 2 heterocycles. The number of imidazole rings is 1. The van der Waals surface area contributed by atoms with Crippen LogP contribution in [0, 0.1) is 0 Å². The first-order chi connectivity index (χ1) is 22.9. The molecule has 11 heteroatoms. The molecule has 0 spiro atoms. The Morgan fingerprint density at radius 2 is 1.64 bits per heavy atom. The van der Waals surface area contributed by atoms with Crippen LogP contribution < -0.4 is 16.4 Å². The Morgan fingerprint density at radius 3 is 2.34 bits per heavy atom. The minimum atomic E-state index is -0.547. The number of hydrogen-bond acceptors (Lipinski definition) is 8. The zero-order valence-corrected chi connectivity index (χ0v) is 27.5. The van der Waals surface area contributed by atoms with Gasteiger partial charge in [-0.2, -0.15) is 0 Å². The molecule has 47 heavy (non-hydrogen) atoms. The van der Waals surface area contributed by atoms with Crippen LogP contribution in [0.25, 0.3) is 0 Å². The molecule has 0 aliphatic carbocycles. The standard InChI is InChI=1S/C36H43N5O5S/c1-41-20-19-38-36(41)47-24-29-21-32(27-15-13-26(23-42)14-16-27)46-35(45-29)28-17-11-25(12-18-28)22-39-33(43)9-3-2-4-10-34(44)40-31-8-6-5-7-30(31)37/h5-8,11-20,29,32,35,42H,2-4,9-10,21-24,37H2,1H3,(H,39,43)(H,40,44). The third kappa shape index (κ3) is 10.2. The molecular formula is C36H43N5O5S. The number of hydrogen-bond donors (Lipinski definition) is 4. The second-order valence-corrected chi connectivity index (χ2v) is 12.7. The average molecular weight is 658 g/mol. The van der Waals surface area contributed by atoms with Gasteiger partial charge in [0.1, 0.15) is 0 Å². The van der Waals surface area contributed by atoms with E-state index in [1.807, 2.05) is 78.5 Å². The molecule has 0 saturated carbocycles. The van der Waals surface area contributed by atoms with Gasteiger partial charge in [-0.15, -0.1) is 0 Å². The topological polar surface area (TPSA) is 141 Å². The minimum Gasteiger partial charge on any atom is -0.397 e. The molecule has 1 aromatic heterocycles. The van der Waals surface area contributed by atoms with E-state index in [0.29, 0.717) is 50.0 Å². The number of anilines is 2. The highest BCUT2D eigenvalue weighted by Crippen LogP contribution is 2.39. The van der Waals surface area contributed by atoms with E-state index in [0.717, 1.165) is 39.6 Å². The molecule has 4 aromatic rings. The fourth-order valence-corrected chi connectivity index (χ4v) is 6.28. The summed E-state index contributed by atoms with van der Waals surface area (Å²) in [6.45, 7) is 0.425. The summed E-state index contributed by atoms with van der Waals surface area (Å²) in [4.78, 5) is 29.1. The molecule has 5 N–H and O–H groups in total. The van der Waals surface area contributed by atoms with Crippen LogP contribution in [0.5, 0.6) is 0 Å². The van der Waals surface area contributed by atoms with Crippen LogP contribution in [-0.2, 0) is 39.3 Å². The average Bonchev–Trinajstić information content (AvgIpc) is 3.51. The van der Waals surface area contributed by atoms with E-state index < -0.39 is 6.29 Å². The van der Waals surface area contributed by atoms with Crippen molar-refractivity contribution >= 4 is 35.0 Å². The highest BCUT2D eigenvalue weighted by Gasteiger charge is 2.32. The van der Waals surface area contributed by atoms with E-state index in [1.165, 1.54) is 0 Å². The zero-order chi connectivity index (χ0) is 33.0. The lowest BCUT2D eigenvalue weighted by molar-refractivity contribution is -0.245. The molecule has 3 aromatic carbocycles. The number of para-hydroxylation sites is 2. The predicted octanol–water partition coefficient (Wildman–Crippen LogP) is 6.04. The number of benzene rings is 3. The monoisotopic (exact) mass is 657 g/mol. The highest BCUT2D eigenvalue weighted by molar-refractivity contribution is 7.99. The molecular weight excluding hydrogens is 614 g/mol. The first-order valence-electron chi connectivity index (χ1n) is 16.0. The molecule has 248 valence electrons. The molecule has 1 fully saturated rings. The number of carbonyl (C=O) groups is 2. The van der Waals surface area contributed by atoms with Gasteiger partial charge in [-0.3, -0.25) is 9.59 Å². The lowest BCUT2D eigenvalue weighted by atomic mass is 10.0. The van der Waals surface area contributed by atoms with Crippen LogP contribution >= 0.6 is 11.8 Å². The van der Waals surface area contributed by atoms with Crippen LogP contribution in [0.4, 0.5) is 11.4 Å². The Labute approximate surface area is 280 Å². The molecule has 1 aliphatic rings. The Kier molecular flexibility index (Phi) is 12.5. The summed E-state index contributed by atoms with van der Waals surface area (Å²) in [5, 5.41) is 16.2. The summed E-state index contributed by atoms with van der Waals surface area (Å²) in [5.41, 5.74) is 10.8. The van der Waals surface area contributed by atoms with Gasteiger partial charge >= 0.3 is 0 Å². The van der Waals surface area contributed by atoms with Gasteiger partial charge in [-0.1, -0.05) is 78.8 Å². The second-order valence-electron chi connectivity index (χ2n) is 11.7. The number of nitrogens with one attached hydrogen (secondary N) is 2. The third-order valence-electron chi connectivity index (χ3n) is 8.07. The van der Waals surface area contributed by atoms with Crippen molar-refractivity contribution in [2.45, 2.75) is 75.3 Å². The summed E-state index contributed by atoms with van der Waals surface area (Å²) in [7, 11) is 1.98. The molecule has 1 aliphatic heterocycles. The fraction of sp³-hybridized carbons (Fsp3) is 0.361. The van der Waals surface area contributed by atoms with Crippen molar-refractivity contribution in [1.82, 2.24) is 14.9 Å². The SMILES string of the molecule is Cn1ccnc1SCC1CC(c2ccc(CO)cc2)OC(c2ccc(CNC(=O)CCCCCC(=O)Nc3ccccc3N)cc2)O1. The maximum Gasteiger partial charge on any atom is 0.224 e. The number of aromatic nitrogens is 2. The Bertz CT molecular complexity index is 1590. The maximum atomic E-state index is 12.5. The summed E-state index contributed by atoms with van der Waals surface area (Å²) >= 11 is 1.66. The number of nitrogen functional groups attached to an aromatic ring is 1. The number of thioether (sulfide) groups is 1. The number of ether oxygens (including phenoxy) is 2. The van der Waals surface area contributed by atoms with E-state index in [4.69, 9.17) is 15.2 Å². The van der Waals surface area contributed by atoms with Gasteiger partial charge in [-0.25, -0.2) is 4.98 Å². The first-order valence-corrected chi connectivity index (χ1v) is 17.0. The van der Waals surface area contributed by atoms with Crippen LogP contribution in [0.15, 0.2) is 90.3 Å². The third-order valence-corrected chi connectivity index (χ3v) is 9.26. The van der Waals surface area contributed by atoms with Crippen LogP contribution in [0.3, 0.4) is 0 Å².